The Hall–Kier alpha value is -3.60. The summed E-state index contributed by atoms with van der Waals surface area (Å²) in [6, 6.07) is 10.9. The summed E-state index contributed by atoms with van der Waals surface area (Å²) < 4.78 is 0.680. The van der Waals surface area contributed by atoms with Crippen LogP contribution < -0.4 is 10.4 Å². The number of allylic oxidation sites excluding steroid dienone is 6. The summed E-state index contributed by atoms with van der Waals surface area (Å²) in [5.41, 5.74) is 2.50. The highest BCUT2D eigenvalue weighted by Gasteiger charge is 2.56. The van der Waals surface area contributed by atoms with Crippen LogP contribution in [0.15, 0.2) is 81.4 Å². The SMILES string of the molecule is CC1=CC(=O)C2=C(C[C@@H]3C(=CC[C@@H]4C(=O)N(c5cccc(B(O)O)c5)C(=O)[C@@H]43)[C@@H]2c2cc(Br)ccc2O)C1=O. The van der Waals surface area contributed by atoms with Gasteiger partial charge in [0.05, 0.1) is 17.5 Å². The molecule has 0 aromatic heterocycles. The summed E-state index contributed by atoms with van der Waals surface area (Å²) in [6.45, 7) is 1.58. The second kappa shape index (κ2) is 9.26. The van der Waals surface area contributed by atoms with Gasteiger partial charge >= 0.3 is 7.12 Å². The third-order valence-electron chi connectivity index (χ3n) is 8.29. The number of hydrogen-bond donors (Lipinski definition) is 3. The smallest absolute Gasteiger partial charge is 0.488 e. The highest BCUT2D eigenvalue weighted by Crippen LogP contribution is 2.56. The maximum Gasteiger partial charge on any atom is 0.488 e. The minimum absolute atomic E-state index is 0.0416. The van der Waals surface area contributed by atoms with E-state index in [0.29, 0.717) is 26.8 Å². The molecule has 196 valence electrons. The van der Waals surface area contributed by atoms with E-state index >= 15 is 0 Å². The Balaban J connectivity index is 1.49. The van der Waals surface area contributed by atoms with Gasteiger partial charge in [-0.15, -0.1) is 0 Å². The first-order valence-corrected chi connectivity index (χ1v) is 13.4. The molecule has 6 rings (SSSR count). The number of benzene rings is 2. The van der Waals surface area contributed by atoms with Gasteiger partial charge in [0.15, 0.2) is 11.6 Å². The number of anilines is 1. The lowest BCUT2D eigenvalue weighted by molar-refractivity contribution is -0.123. The van der Waals surface area contributed by atoms with Crippen LogP contribution in [0.1, 0.15) is 31.2 Å². The molecule has 39 heavy (non-hydrogen) atoms. The van der Waals surface area contributed by atoms with E-state index in [1.807, 2.05) is 6.08 Å². The fraction of sp³-hybridized carbons (Fsp3) is 0.241. The third kappa shape index (κ3) is 3.89. The van der Waals surface area contributed by atoms with E-state index in [2.05, 4.69) is 15.9 Å². The van der Waals surface area contributed by atoms with Gasteiger partial charge in [-0.3, -0.25) is 24.1 Å². The molecule has 0 bridgehead atoms. The second-order valence-corrected chi connectivity index (χ2v) is 11.3. The van der Waals surface area contributed by atoms with Crippen LogP contribution in [-0.2, 0) is 19.2 Å². The maximum absolute atomic E-state index is 13.9. The van der Waals surface area contributed by atoms with Crippen molar-refractivity contribution in [1.29, 1.82) is 0 Å². The van der Waals surface area contributed by atoms with E-state index in [1.54, 1.807) is 31.2 Å². The standard InChI is InChI=1S/C29H23BBrNO7/c1-13-9-23(34)26-21(27(13)35)12-19-17(24(26)20-11-15(31)5-8-22(20)33)6-7-18-25(19)29(37)32(28(18)36)16-4-2-3-14(10-16)30(38)39/h2-6,8-11,18-19,24-25,33,38-39H,7,12H2,1H3/t18-,19+,24+,25-/m0/s1. The van der Waals surface area contributed by atoms with Gasteiger partial charge in [0.25, 0.3) is 0 Å². The summed E-state index contributed by atoms with van der Waals surface area (Å²) in [5.74, 6) is -4.18. The number of carbonyl (C=O) groups is 4. The highest BCUT2D eigenvalue weighted by molar-refractivity contribution is 9.10. The van der Waals surface area contributed by atoms with Crippen LogP contribution in [0.5, 0.6) is 5.75 Å². The number of amides is 2. The number of fused-ring (bicyclic) bond motifs is 3. The number of nitrogens with zero attached hydrogens (tertiary/aromatic N) is 1. The van der Waals surface area contributed by atoms with Crippen molar-refractivity contribution in [3.63, 3.8) is 0 Å². The summed E-state index contributed by atoms with van der Waals surface area (Å²) in [7, 11) is -1.76. The van der Waals surface area contributed by atoms with Crippen molar-refractivity contribution >= 4 is 57.6 Å². The fourth-order valence-corrected chi connectivity index (χ4v) is 6.95. The van der Waals surface area contributed by atoms with E-state index < -0.39 is 42.6 Å². The predicted octanol–water partition coefficient (Wildman–Crippen LogP) is 2.47. The molecule has 3 N–H and O–H groups in total. The topological polar surface area (TPSA) is 132 Å². The molecule has 0 saturated carbocycles. The maximum atomic E-state index is 13.9. The molecule has 4 atom stereocenters. The van der Waals surface area contributed by atoms with Crippen LogP contribution in [0.3, 0.4) is 0 Å². The van der Waals surface area contributed by atoms with E-state index in [1.165, 1.54) is 24.3 Å². The van der Waals surface area contributed by atoms with Crippen LogP contribution in [0.2, 0.25) is 0 Å². The Labute approximate surface area is 232 Å². The average molecular weight is 588 g/mol. The number of hydrogen-bond acceptors (Lipinski definition) is 7. The van der Waals surface area contributed by atoms with Crippen molar-refractivity contribution in [2.24, 2.45) is 17.8 Å². The van der Waals surface area contributed by atoms with Gasteiger partial charge < -0.3 is 15.2 Å². The van der Waals surface area contributed by atoms with Crippen LogP contribution in [0.25, 0.3) is 0 Å². The Morgan fingerprint density at radius 3 is 2.51 bits per heavy atom. The number of rotatable bonds is 3. The Kier molecular flexibility index (Phi) is 6.09. The minimum Gasteiger partial charge on any atom is -0.508 e. The Morgan fingerprint density at radius 2 is 1.77 bits per heavy atom. The van der Waals surface area contributed by atoms with Gasteiger partial charge in [-0.25, -0.2) is 0 Å². The largest absolute Gasteiger partial charge is 0.508 e. The number of Topliss-reactive ketones (excluding diaryl/α,β-unsaturated/α-hetero) is 1. The lowest BCUT2D eigenvalue weighted by Gasteiger charge is -2.42. The van der Waals surface area contributed by atoms with E-state index in [-0.39, 0.29) is 41.3 Å². The van der Waals surface area contributed by atoms with E-state index in [9.17, 15) is 34.3 Å². The average Bonchev–Trinajstić information content (AvgIpc) is 3.17. The predicted molar refractivity (Wildman–Crippen MR) is 146 cm³/mol. The van der Waals surface area contributed by atoms with Crippen LogP contribution in [0, 0.1) is 17.8 Å². The zero-order valence-corrected chi connectivity index (χ0v) is 22.4. The first-order chi connectivity index (χ1) is 18.6. The number of aromatic hydroxyl groups is 1. The number of phenolic OH excluding ortho intramolecular Hbond substituents is 1. The summed E-state index contributed by atoms with van der Waals surface area (Å²) in [4.78, 5) is 55.3. The zero-order chi connectivity index (χ0) is 27.7. The molecule has 2 aromatic rings. The molecule has 0 unspecified atom stereocenters. The molecular formula is C29H23BBrNO7. The van der Waals surface area contributed by atoms with Gasteiger partial charge in [0.1, 0.15) is 5.75 Å². The molecule has 1 fully saturated rings. The fourth-order valence-electron chi connectivity index (χ4n) is 6.57. The number of phenols is 1. The lowest BCUT2D eigenvalue weighted by atomic mass is 9.59. The number of ketones is 2. The number of halogens is 1. The van der Waals surface area contributed by atoms with Gasteiger partial charge in [0.2, 0.25) is 11.8 Å². The van der Waals surface area contributed by atoms with Crippen molar-refractivity contribution in [2.75, 3.05) is 4.90 Å². The van der Waals surface area contributed by atoms with Crippen LogP contribution in [0.4, 0.5) is 5.69 Å². The van der Waals surface area contributed by atoms with Crippen molar-refractivity contribution in [1.82, 2.24) is 0 Å². The lowest BCUT2D eigenvalue weighted by Crippen LogP contribution is -2.40. The minimum atomic E-state index is -1.76. The Morgan fingerprint density at radius 1 is 1.00 bits per heavy atom. The summed E-state index contributed by atoms with van der Waals surface area (Å²) in [5, 5.41) is 30.1. The molecule has 0 radical (unpaired) electrons. The molecule has 8 nitrogen and oxygen atoms in total. The number of carbonyl (C=O) groups excluding carboxylic acids is 4. The molecule has 2 aromatic carbocycles. The van der Waals surface area contributed by atoms with Crippen LogP contribution in [-0.4, -0.2) is 45.7 Å². The van der Waals surface area contributed by atoms with Gasteiger partial charge in [-0.1, -0.05) is 39.7 Å². The van der Waals surface area contributed by atoms with Gasteiger partial charge in [-0.05, 0) is 67.6 Å². The molecule has 10 heteroatoms. The van der Waals surface area contributed by atoms with Crippen LogP contribution >= 0.6 is 15.9 Å². The third-order valence-corrected chi connectivity index (χ3v) is 8.78. The van der Waals surface area contributed by atoms with Crippen molar-refractivity contribution < 1.29 is 34.3 Å². The monoisotopic (exact) mass is 587 g/mol. The molecule has 1 saturated heterocycles. The number of imide groups is 1. The summed E-state index contributed by atoms with van der Waals surface area (Å²) >= 11 is 3.44. The quantitative estimate of drug-likeness (QED) is 0.217. The van der Waals surface area contributed by atoms with Crippen molar-refractivity contribution in [2.45, 2.75) is 25.7 Å². The van der Waals surface area contributed by atoms with E-state index in [0.717, 1.165) is 10.5 Å². The van der Waals surface area contributed by atoms with Crippen molar-refractivity contribution in [3.05, 3.63) is 86.9 Å². The van der Waals surface area contributed by atoms with Gasteiger partial charge in [0, 0.05) is 32.7 Å². The van der Waals surface area contributed by atoms with Crippen molar-refractivity contribution in [3.8, 4) is 5.75 Å². The first kappa shape index (κ1) is 25.7. The molecule has 1 heterocycles. The molecule has 1 aliphatic heterocycles. The molecular weight excluding hydrogens is 565 g/mol. The summed E-state index contributed by atoms with van der Waals surface area (Å²) in [6.07, 6.45) is 3.59. The molecule has 3 aliphatic carbocycles. The molecule has 0 spiro atoms. The Bertz CT molecular complexity index is 1590. The first-order valence-electron chi connectivity index (χ1n) is 12.6. The zero-order valence-electron chi connectivity index (χ0n) is 20.8. The normalized spacial score (nSPS) is 26.2. The molecule has 4 aliphatic rings. The highest BCUT2D eigenvalue weighted by atomic mass is 79.9. The van der Waals surface area contributed by atoms with Gasteiger partial charge in [-0.2, -0.15) is 0 Å². The molecule has 2 amide bonds. The second-order valence-electron chi connectivity index (χ2n) is 10.4. The van der Waals surface area contributed by atoms with E-state index in [4.69, 9.17) is 0 Å².